The summed E-state index contributed by atoms with van der Waals surface area (Å²) in [5.41, 5.74) is 0.785. The molecule has 0 fully saturated rings. The minimum atomic E-state index is -3.35. The van der Waals surface area contributed by atoms with Crippen molar-refractivity contribution in [2.45, 2.75) is 12.8 Å². The molecule has 0 heterocycles. The van der Waals surface area contributed by atoms with Crippen LogP contribution in [0, 0.1) is 0 Å². The van der Waals surface area contributed by atoms with E-state index >= 15 is 0 Å². The third-order valence-corrected chi connectivity index (χ3v) is 4.85. The molecule has 140 valence electrons. The van der Waals surface area contributed by atoms with Crippen LogP contribution in [-0.2, 0) is 19.6 Å². The lowest BCUT2D eigenvalue weighted by Gasteiger charge is -2.18. The molecule has 0 radical (unpaired) electrons. The second-order valence-corrected chi connectivity index (χ2v) is 8.23. The molecule has 0 spiro atoms. The van der Waals surface area contributed by atoms with E-state index in [0.29, 0.717) is 29.4 Å². The highest BCUT2D eigenvalue weighted by Crippen LogP contribution is 2.20. The summed E-state index contributed by atoms with van der Waals surface area (Å²) in [5, 5.41) is 9.47. The number of aliphatic carboxylic acids is 1. The second-order valence-electron chi connectivity index (χ2n) is 5.38. The minimum Gasteiger partial charge on any atom is -0.480 e. The fourth-order valence-corrected chi connectivity index (χ4v) is 3.38. The van der Waals surface area contributed by atoms with E-state index in [2.05, 4.69) is 0 Å². The van der Waals surface area contributed by atoms with Gasteiger partial charge in [-0.2, -0.15) is 4.31 Å². The lowest BCUT2D eigenvalue weighted by Crippen LogP contribution is -2.31. The smallest absolute Gasteiger partial charge is 0.329 e. The normalized spacial score (nSPS) is 12.2. The fourth-order valence-electron chi connectivity index (χ4n) is 2.02. The third-order valence-electron chi connectivity index (χ3n) is 3.14. The van der Waals surface area contributed by atoms with E-state index < -0.39 is 16.0 Å². The van der Waals surface area contributed by atoms with Crippen LogP contribution in [0.5, 0.6) is 0 Å². The zero-order valence-corrected chi connectivity index (χ0v) is 16.1. The first kappa shape index (κ1) is 21.9. The Kier molecular flexibility index (Phi) is 9.45. The van der Waals surface area contributed by atoms with Crippen LogP contribution in [0.15, 0.2) is 24.3 Å². The predicted octanol–water partition coefficient (Wildman–Crippen LogP) is 3.15. The van der Waals surface area contributed by atoms with Gasteiger partial charge in [-0.05, 0) is 36.6 Å². The van der Waals surface area contributed by atoms with Gasteiger partial charge in [0, 0.05) is 29.7 Å². The number of hydrogen-bond acceptors (Lipinski definition) is 4. The van der Waals surface area contributed by atoms with Crippen molar-refractivity contribution in [1.82, 2.24) is 4.31 Å². The molecule has 0 saturated heterocycles. The van der Waals surface area contributed by atoms with Crippen LogP contribution in [0.1, 0.15) is 18.4 Å². The summed E-state index contributed by atoms with van der Waals surface area (Å²) in [4.78, 5) is 10.3. The summed E-state index contributed by atoms with van der Waals surface area (Å²) >= 11 is 11.8. The zero-order chi connectivity index (χ0) is 18.9. The fraction of sp³-hybridized carbons (Fsp3) is 0.438. The van der Waals surface area contributed by atoms with Gasteiger partial charge < -0.3 is 9.84 Å². The van der Waals surface area contributed by atoms with Gasteiger partial charge in [-0.1, -0.05) is 35.4 Å². The highest BCUT2D eigenvalue weighted by molar-refractivity contribution is 7.88. The summed E-state index contributed by atoms with van der Waals surface area (Å²) < 4.78 is 29.9. The van der Waals surface area contributed by atoms with E-state index in [9.17, 15) is 13.2 Å². The molecule has 0 aromatic heterocycles. The average molecular weight is 410 g/mol. The van der Waals surface area contributed by atoms with Crippen LogP contribution in [-0.4, -0.2) is 56.4 Å². The lowest BCUT2D eigenvalue weighted by molar-refractivity contribution is -0.142. The van der Waals surface area contributed by atoms with Gasteiger partial charge in [-0.3, -0.25) is 0 Å². The number of nitrogens with zero attached hydrogens (tertiary/aromatic N) is 1. The maximum absolute atomic E-state index is 11.8. The molecule has 0 saturated carbocycles. The SMILES string of the molecule is CS(=O)(=O)N(CC=Cc1cc(Cl)cc(Cl)c1)CCCCOCC(=O)O. The molecular weight excluding hydrogens is 389 g/mol. The van der Waals surface area contributed by atoms with E-state index in [0.717, 1.165) is 11.8 Å². The van der Waals surface area contributed by atoms with Crippen LogP contribution >= 0.6 is 23.2 Å². The summed E-state index contributed by atoms with van der Waals surface area (Å²) in [6, 6.07) is 5.08. The number of halogens is 2. The molecule has 1 rings (SSSR count). The predicted molar refractivity (Wildman–Crippen MR) is 99.6 cm³/mol. The van der Waals surface area contributed by atoms with Crippen molar-refractivity contribution < 1.29 is 23.1 Å². The first-order chi connectivity index (χ1) is 11.7. The topological polar surface area (TPSA) is 83.9 Å². The van der Waals surface area contributed by atoms with Crippen molar-refractivity contribution in [1.29, 1.82) is 0 Å². The molecule has 1 aromatic rings. The highest BCUT2D eigenvalue weighted by Gasteiger charge is 2.14. The largest absolute Gasteiger partial charge is 0.480 e. The molecule has 0 aliphatic carbocycles. The number of carbonyl (C=O) groups is 1. The first-order valence-corrected chi connectivity index (χ1v) is 10.2. The number of hydrogen-bond donors (Lipinski definition) is 1. The molecule has 25 heavy (non-hydrogen) atoms. The molecule has 1 aromatic carbocycles. The van der Waals surface area contributed by atoms with Gasteiger partial charge in [0.25, 0.3) is 0 Å². The molecule has 1 N–H and O–H groups in total. The van der Waals surface area contributed by atoms with Gasteiger partial charge in [-0.25, -0.2) is 13.2 Å². The van der Waals surface area contributed by atoms with Crippen molar-refractivity contribution in [3.8, 4) is 0 Å². The van der Waals surface area contributed by atoms with Gasteiger partial charge in [-0.15, -0.1) is 0 Å². The molecule has 0 bridgehead atoms. The Morgan fingerprint density at radius 3 is 2.44 bits per heavy atom. The van der Waals surface area contributed by atoms with E-state index in [4.69, 9.17) is 33.0 Å². The summed E-state index contributed by atoms with van der Waals surface area (Å²) in [7, 11) is -3.35. The molecule has 6 nitrogen and oxygen atoms in total. The van der Waals surface area contributed by atoms with Crippen molar-refractivity contribution in [3.05, 3.63) is 39.9 Å². The Morgan fingerprint density at radius 1 is 1.24 bits per heavy atom. The number of unbranched alkanes of at least 4 members (excludes halogenated alkanes) is 1. The molecule has 0 amide bonds. The quantitative estimate of drug-likeness (QED) is 0.567. The van der Waals surface area contributed by atoms with Crippen molar-refractivity contribution in [3.63, 3.8) is 0 Å². The summed E-state index contributed by atoms with van der Waals surface area (Å²) in [6.45, 7) is 0.482. The average Bonchev–Trinajstić information content (AvgIpc) is 2.46. The van der Waals surface area contributed by atoms with Gasteiger partial charge in [0.05, 0.1) is 6.26 Å². The summed E-state index contributed by atoms with van der Waals surface area (Å²) in [6.07, 6.45) is 5.78. The van der Waals surface area contributed by atoms with Crippen molar-refractivity contribution in [2.75, 3.05) is 32.6 Å². The zero-order valence-electron chi connectivity index (χ0n) is 13.8. The Labute approximate surface area is 158 Å². The number of rotatable bonds is 11. The Bertz CT molecular complexity index is 686. The molecule has 9 heteroatoms. The van der Waals surface area contributed by atoms with Crippen LogP contribution in [0.25, 0.3) is 6.08 Å². The standard InChI is InChI=1S/C16H21Cl2NO5S/c1-25(22,23)19(6-2-3-8-24-12-16(20)21)7-4-5-13-9-14(17)11-15(18)10-13/h4-5,9-11H,2-3,6-8,12H2,1H3,(H,20,21). The van der Waals surface area contributed by atoms with E-state index in [1.54, 1.807) is 30.4 Å². The molecular formula is C16H21Cl2NO5S. The number of benzene rings is 1. The molecule has 0 aliphatic rings. The van der Waals surface area contributed by atoms with Crippen molar-refractivity contribution >= 4 is 45.3 Å². The molecule has 0 atom stereocenters. The number of sulfonamides is 1. The monoisotopic (exact) mass is 409 g/mol. The van der Waals surface area contributed by atoms with Crippen LogP contribution < -0.4 is 0 Å². The van der Waals surface area contributed by atoms with E-state index in [1.807, 2.05) is 0 Å². The highest BCUT2D eigenvalue weighted by atomic mass is 35.5. The van der Waals surface area contributed by atoms with Gasteiger partial charge >= 0.3 is 5.97 Å². The van der Waals surface area contributed by atoms with E-state index in [-0.39, 0.29) is 19.8 Å². The lowest BCUT2D eigenvalue weighted by atomic mass is 10.2. The third kappa shape index (κ3) is 9.81. The Balaban J connectivity index is 2.51. The van der Waals surface area contributed by atoms with Gasteiger partial charge in [0.1, 0.15) is 6.61 Å². The second kappa shape index (κ2) is 10.8. The van der Waals surface area contributed by atoms with Gasteiger partial charge in [0.2, 0.25) is 10.0 Å². The van der Waals surface area contributed by atoms with Crippen LogP contribution in [0.4, 0.5) is 0 Å². The summed E-state index contributed by atoms with van der Waals surface area (Å²) in [5.74, 6) is -1.02. The number of carboxylic acids is 1. The number of carboxylic acid groups (broad SMARTS) is 1. The number of ether oxygens (including phenoxy) is 1. The Hall–Kier alpha value is -1.12. The maximum atomic E-state index is 11.8. The first-order valence-electron chi connectivity index (χ1n) is 7.56. The maximum Gasteiger partial charge on any atom is 0.329 e. The van der Waals surface area contributed by atoms with Gasteiger partial charge in [0.15, 0.2) is 0 Å². The molecule has 0 aliphatic heterocycles. The Morgan fingerprint density at radius 2 is 1.88 bits per heavy atom. The van der Waals surface area contributed by atoms with E-state index in [1.165, 1.54) is 4.31 Å². The minimum absolute atomic E-state index is 0.221. The van der Waals surface area contributed by atoms with Crippen molar-refractivity contribution in [2.24, 2.45) is 0 Å². The van der Waals surface area contributed by atoms with Crippen LogP contribution in [0.2, 0.25) is 10.0 Å². The van der Waals surface area contributed by atoms with Crippen LogP contribution in [0.3, 0.4) is 0 Å². The molecule has 0 unspecified atom stereocenters.